The molecule has 0 radical (unpaired) electrons. The monoisotopic (exact) mass is 485 g/mol. The number of hydrogen-bond donors (Lipinski definition) is 0. The fraction of sp³-hybridized carbons (Fsp3) is 0.762. The van der Waals surface area contributed by atoms with Crippen molar-refractivity contribution in [1.29, 1.82) is 0 Å². The van der Waals surface area contributed by atoms with Crippen molar-refractivity contribution in [1.82, 2.24) is 9.80 Å². The molecule has 0 unspecified atom stereocenters. The Kier molecular flexibility index (Phi) is 10.5. The van der Waals surface area contributed by atoms with Gasteiger partial charge in [-0.15, -0.1) is 11.8 Å². The number of methoxy groups -OCH3 is 1. The molecule has 11 nitrogen and oxygen atoms in total. The number of rotatable bonds is 10. The van der Waals surface area contributed by atoms with Gasteiger partial charge in [0.2, 0.25) is 5.91 Å². The molecule has 12 heteroatoms. The van der Waals surface area contributed by atoms with Gasteiger partial charge in [-0.2, -0.15) is 0 Å². The van der Waals surface area contributed by atoms with Gasteiger partial charge < -0.3 is 19.1 Å². The molecule has 186 valence electrons. The second-order valence-electron chi connectivity index (χ2n) is 8.98. The molecule has 0 aromatic carbocycles. The molecule has 0 aromatic rings. The van der Waals surface area contributed by atoms with Crippen molar-refractivity contribution in [2.45, 2.75) is 77.6 Å². The van der Waals surface area contributed by atoms with E-state index in [4.69, 9.17) is 19.7 Å². The Balaban J connectivity index is 3.42. The zero-order valence-corrected chi connectivity index (χ0v) is 21.6. The lowest BCUT2D eigenvalue weighted by atomic mass is 10.0. The van der Waals surface area contributed by atoms with Gasteiger partial charge in [-0.1, -0.05) is 5.11 Å². The molecule has 1 heterocycles. The number of azide groups is 1. The van der Waals surface area contributed by atoms with Crippen LogP contribution in [0.2, 0.25) is 0 Å². The number of nitrogens with zero attached hydrogens (tertiary/aromatic N) is 5. The van der Waals surface area contributed by atoms with Crippen LogP contribution in [-0.4, -0.2) is 83.4 Å². The highest BCUT2D eigenvalue weighted by Crippen LogP contribution is 2.36. The lowest BCUT2D eigenvalue weighted by Gasteiger charge is -2.45. The number of carbonyl (C=O) groups excluding carboxylic acids is 3. The molecule has 1 saturated heterocycles. The largest absolute Gasteiger partial charge is 0.464 e. The number of carbonyl (C=O) groups is 3. The van der Waals surface area contributed by atoms with Gasteiger partial charge in [0.25, 0.3) is 0 Å². The van der Waals surface area contributed by atoms with Gasteiger partial charge in [0.1, 0.15) is 23.7 Å². The molecule has 0 aliphatic carbocycles. The van der Waals surface area contributed by atoms with Gasteiger partial charge in [0, 0.05) is 22.6 Å². The van der Waals surface area contributed by atoms with Gasteiger partial charge in [0.15, 0.2) is 0 Å². The van der Waals surface area contributed by atoms with E-state index in [0.29, 0.717) is 0 Å². The third-order valence-corrected chi connectivity index (χ3v) is 5.71. The predicted molar refractivity (Wildman–Crippen MR) is 125 cm³/mol. The van der Waals surface area contributed by atoms with Gasteiger partial charge >= 0.3 is 12.1 Å². The molecule has 1 fully saturated rings. The van der Waals surface area contributed by atoms with Gasteiger partial charge in [-0.05, 0) is 60.3 Å². The zero-order chi connectivity index (χ0) is 25.5. The lowest BCUT2D eigenvalue weighted by molar-refractivity contribution is -0.149. The zero-order valence-electron chi connectivity index (χ0n) is 20.8. The van der Waals surface area contributed by atoms with E-state index in [1.807, 2.05) is 48.5 Å². The molecule has 33 heavy (non-hydrogen) atoms. The summed E-state index contributed by atoms with van der Waals surface area (Å²) >= 11 is 1.25. The van der Waals surface area contributed by atoms with Crippen LogP contribution in [0.3, 0.4) is 0 Å². The van der Waals surface area contributed by atoms with Crippen LogP contribution in [0, 0.1) is 0 Å². The minimum absolute atomic E-state index is 0.0797. The summed E-state index contributed by atoms with van der Waals surface area (Å²) in [6.07, 6.45) is 1.17. The summed E-state index contributed by atoms with van der Waals surface area (Å²) in [6, 6.07) is -1.15. The maximum Gasteiger partial charge on any atom is 0.410 e. The Hall–Kier alpha value is -2.43. The Labute approximate surface area is 199 Å². The standard InChI is InChI=1S/C21H35N5O6S/c1-12(2)25(13(3)4)20(29)31-10-14(11-32-21(5,6)7)16(19(28)30-8)26-17(27)15(23-24-22)18(26)33-9/h12-13,15,18H,10-11H2,1-9H3/b16-14-/t15-,18+/m0/s1. The fourth-order valence-electron chi connectivity index (χ4n) is 3.32. The average Bonchev–Trinajstić information content (AvgIpc) is 2.71. The van der Waals surface area contributed by atoms with Crippen LogP contribution >= 0.6 is 11.8 Å². The Bertz CT molecular complexity index is 808. The maximum atomic E-state index is 12.8. The van der Waals surface area contributed by atoms with Crippen molar-refractivity contribution in [2.75, 3.05) is 26.6 Å². The molecular formula is C21H35N5O6S. The Morgan fingerprint density at radius 3 is 2.21 bits per heavy atom. The van der Waals surface area contributed by atoms with Crippen LogP contribution in [0.1, 0.15) is 48.5 Å². The molecule has 0 spiro atoms. The summed E-state index contributed by atoms with van der Waals surface area (Å²) in [7, 11) is 1.19. The smallest absolute Gasteiger partial charge is 0.410 e. The summed E-state index contributed by atoms with van der Waals surface area (Å²) < 4.78 is 16.3. The molecule has 0 N–H and O–H groups in total. The molecule has 0 bridgehead atoms. The maximum absolute atomic E-state index is 12.8. The first-order chi connectivity index (χ1) is 15.3. The van der Waals surface area contributed by atoms with E-state index < -0.39 is 35.0 Å². The number of ether oxygens (including phenoxy) is 3. The second kappa shape index (κ2) is 12.2. The van der Waals surface area contributed by atoms with Crippen LogP contribution in [0.25, 0.3) is 10.4 Å². The van der Waals surface area contributed by atoms with Crippen LogP contribution in [0.4, 0.5) is 4.79 Å². The fourth-order valence-corrected chi connectivity index (χ4v) is 4.16. The van der Waals surface area contributed by atoms with E-state index in [0.717, 1.165) is 0 Å². The highest BCUT2D eigenvalue weighted by molar-refractivity contribution is 7.99. The third kappa shape index (κ3) is 7.28. The Morgan fingerprint density at radius 1 is 1.21 bits per heavy atom. The van der Waals surface area contributed by atoms with E-state index in [-0.39, 0.29) is 36.6 Å². The molecule has 0 aromatic heterocycles. The normalized spacial score (nSPS) is 19.0. The van der Waals surface area contributed by atoms with E-state index in [9.17, 15) is 14.4 Å². The van der Waals surface area contributed by atoms with Crippen LogP contribution in [0.5, 0.6) is 0 Å². The van der Waals surface area contributed by atoms with E-state index in [1.54, 1.807) is 11.2 Å². The average molecular weight is 486 g/mol. The summed E-state index contributed by atoms with van der Waals surface area (Å²) in [4.78, 5) is 43.8. The molecule has 2 amide bonds. The SMILES string of the molecule is COC(=O)/C(=C(\COC(=O)N(C(C)C)C(C)C)COC(C)(C)C)N1C(=O)[C@H](N=[N+]=[N-])[C@H]1SC. The summed E-state index contributed by atoms with van der Waals surface area (Å²) in [5.74, 6) is -1.33. The summed E-state index contributed by atoms with van der Waals surface area (Å²) in [5.41, 5.74) is 8.40. The highest BCUT2D eigenvalue weighted by Gasteiger charge is 2.51. The number of esters is 1. The number of hydrogen-bond acceptors (Lipinski definition) is 8. The van der Waals surface area contributed by atoms with E-state index in [2.05, 4.69) is 10.0 Å². The third-order valence-electron chi connectivity index (χ3n) is 4.76. The van der Waals surface area contributed by atoms with Crippen molar-refractivity contribution < 1.29 is 28.6 Å². The predicted octanol–water partition coefficient (Wildman–Crippen LogP) is 3.69. The first kappa shape index (κ1) is 28.6. The molecule has 1 aliphatic rings. The minimum Gasteiger partial charge on any atom is -0.464 e. The number of β-lactam (4-membered cyclic amide) rings is 1. The number of thioether (sulfide) groups is 1. The molecular weight excluding hydrogens is 450 g/mol. The molecule has 1 rings (SSSR count). The van der Waals surface area contributed by atoms with Crippen molar-refractivity contribution in [3.63, 3.8) is 0 Å². The first-order valence-electron chi connectivity index (χ1n) is 10.6. The second-order valence-corrected chi connectivity index (χ2v) is 9.93. The van der Waals surface area contributed by atoms with E-state index >= 15 is 0 Å². The van der Waals surface area contributed by atoms with Crippen LogP contribution in [-0.2, 0) is 23.8 Å². The van der Waals surface area contributed by atoms with Gasteiger partial charge in [0.05, 0.1) is 19.3 Å². The Morgan fingerprint density at radius 2 is 1.79 bits per heavy atom. The van der Waals surface area contributed by atoms with Crippen LogP contribution < -0.4 is 0 Å². The van der Waals surface area contributed by atoms with Crippen molar-refractivity contribution in [3.05, 3.63) is 21.7 Å². The topological polar surface area (TPSA) is 134 Å². The highest BCUT2D eigenvalue weighted by atomic mass is 32.2. The number of amides is 2. The van der Waals surface area contributed by atoms with Gasteiger partial charge in [-0.25, -0.2) is 9.59 Å². The quantitative estimate of drug-likeness (QED) is 0.115. The summed E-state index contributed by atoms with van der Waals surface area (Å²) in [5, 5.41) is 2.93. The minimum atomic E-state index is -0.950. The van der Waals surface area contributed by atoms with Gasteiger partial charge in [-0.3, -0.25) is 9.69 Å². The molecule has 2 atom stereocenters. The van der Waals surface area contributed by atoms with Crippen molar-refractivity contribution in [3.8, 4) is 0 Å². The molecule has 0 saturated carbocycles. The van der Waals surface area contributed by atoms with Crippen molar-refractivity contribution in [2.24, 2.45) is 5.11 Å². The lowest BCUT2D eigenvalue weighted by Crippen LogP contribution is -2.62. The molecule has 1 aliphatic heterocycles. The van der Waals surface area contributed by atoms with Crippen LogP contribution in [0.15, 0.2) is 16.4 Å². The van der Waals surface area contributed by atoms with Crippen molar-refractivity contribution >= 4 is 29.7 Å². The first-order valence-corrected chi connectivity index (χ1v) is 11.9. The number of likely N-dealkylation sites (tertiary alicyclic amines) is 1. The van der Waals surface area contributed by atoms with E-state index in [1.165, 1.54) is 23.8 Å². The summed E-state index contributed by atoms with van der Waals surface area (Å²) in [6.45, 7) is 12.6.